The van der Waals surface area contributed by atoms with Crippen molar-refractivity contribution in [1.82, 2.24) is 0 Å². The van der Waals surface area contributed by atoms with Gasteiger partial charge in [-0.05, 0) is 24.3 Å². The van der Waals surface area contributed by atoms with E-state index in [1.807, 2.05) is 11.9 Å². The van der Waals surface area contributed by atoms with E-state index < -0.39 is 11.8 Å². The van der Waals surface area contributed by atoms with Crippen LogP contribution in [0.2, 0.25) is 0 Å². The Balaban J connectivity index is 3.11. The summed E-state index contributed by atoms with van der Waals surface area (Å²) in [4.78, 5) is 12.3. The molecule has 0 aromatic heterocycles. The van der Waals surface area contributed by atoms with Crippen LogP contribution in [0.1, 0.15) is 5.56 Å². The second-order valence-corrected chi connectivity index (χ2v) is 3.54. The highest BCUT2D eigenvalue weighted by Gasteiger charge is 2.05. The number of rotatable bonds is 5. The molecule has 3 nitrogen and oxygen atoms in total. The van der Waals surface area contributed by atoms with Crippen molar-refractivity contribution in [3.63, 3.8) is 0 Å². The number of benzene rings is 1. The summed E-state index contributed by atoms with van der Waals surface area (Å²) in [6, 6.07) is 4.25. The minimum Gasteiger partial charge on any atom is -0.478 e. The van der Waals surface area contributed by atoms with Gasteiger partial charge in [0.25, 0.3) is 0 Å². The maximum Gasteiger partial charge on any atom is 0.328 e. The first-order valence-corrected chi connectivity index (χ1v) is 5.07. The Bertz CT molecular complexity index is 455. The number of carboxylic acid groups (broad SMARTS) is 1. The van der Waals surface area contributed by atoms with Gasteiger partial charge in [0.05, 0.1) is 0 Å². The lowest BCUT2D eigenvalue weighted by molar-refractivity contribution is -0.131. The van der Waals surface area contributed by atoms with Crippen LogP contribution in [0, 0.1) is 5.82 Å². The Hall–Kier alpha value is -2.10. The fourth-order valence-corrected chi connectivity index (χ4v) is 1.46. The van der Waals surface area contributed by atoms with Gasteiger partial charge in [0, 0.05) is 30.9 Å². The molecule has 0 aliphatic carbocycles. The van der Waals surface area contributed by atoms with Crippen LogP contribution in [-0.2, 0) is 4.79 Å². The van der Waals surface area contributed by atoms with Gasteiger partial charge in [0.2, 0.25) is 0 Å². The number of carbonyl (C=O) groups is 1. The Kier molecular flexibility index (Phi) is 4.46. The highest BCUT2D eigenvalue weighted by Crippen LogP contribution is 2.22. The van der Waals surface area contributed by atoms with Crippen molar-refractivity contribution in [2.75, 3.05) is 18.5 Å². The monoisotopic (exact) mass is 235 g/mol. The lowest BCUT2D eigenvalue weighted by Gasteiger charge is -2.19. The summed E-state index contributed by atoms with van der Waals surface area (Å²) in [6.45, 7) is 4.22. The summed E-state index contributed by atoms with van der Waals surface area (Å²) in [6.07, 6.45) is 4.08. The molecule has 0 aliphatic rings. The summed E-state index contributed by atoms with van der Waals surface area (Å²) in [5, 5.41) is 8.57. The van der Waals surface area contributed by atoms with E-state index in [0.29, 0.717) is 12.1 Å². The van der Waals surface area contributed by atoms with Crippen LogP contribution >= 0.6 is 0 Å². The molecule has 0 aliphatic heterocycles. The van der Waals surface area contributed by atoms with Gasteiger partial charge >= 0.3 is 5.97 Å². The van der Waals surface area contributed by atoms with E-state index in [1.165, 1.54) is 18.2 Å². The molecule has 0 spiro atoms. The van der Waals surface area contributed by atoms with E-state index in [9.17, 15) is 9.18 Å². The fraction of sp³-hybridized carbons (Fsp3) is 0.154. The Labute approximate surface area is 99.5 Å². The number of likely N-dealkylation sites (N-methyl/N-ethyl adjacent to an activating group) is 1. The number of aliphatic carboxylic acids is 1. The molecule has 0 saturated heterocycles. The van der Waals surface area contributed by atoms with Crippen molar-refractivity contribution in [1.29, 1.82) is 0 Å². The summed E-state index contributed by atoms with van der Waals surface area (Å²) in [5.41, 5.74) is 1.28. The molecule has 0 unspecified atom stereocenters. The number of anilines is 1. The lowest BCUT2D eigenvalue weighted by Crippen LogP contribution is -2.17. The Morgan fingerprint density at radius 2 is 2.29 bits per heavy atom. The largest absolute Gasteiger partial charge is 0.478 e. The van der Waals surface area contributed by atoms with Crippen molar-refractivity contribution in [2.24, 2.45) is 0 Å². The van der Waals surface area contributed by atoms with Gasteiger partial charge in [-0.3, -0.25) is 0 Å². The second kappa shape index (κ2) is 5.84. The van der Waals surface area contributed by atoms with Crippen molar-refractivity contribution >= 4 is 17.7 Å². The van der Waals surface area contributed by atoms with E-state index in [0.717, 1.165) is 11.8 Å². The molecule has 1 aromatic carbocycles. The predicted molar refractivity (Wildman–Crippen MR) is 66.5 cm³/mol. The molecule has 0 bridgehead atoms. The first-order valence-electron chi connectivity index (χ1n) is 5.07. The van der Waals surface area contributed by atoms with E-state index >= 15 is 0 Å². The molecule has 4 heteroatoms. The molecular formula is C13H14FNO2. The molecular weight excluding hydrogens is 221 g/mol. The van der Waals surface area contributed by atoms with Crippen molar-refractivity contribution < 1.29 is 14.3 Å². The first kappa shape index (κ1) is 13.0. The summed E-state index contributed by atoms with van der Waals surface area (Å²) in [7, 11) is 1.83. The third-order valence-corrected chi connectivity index (χ3v) is 2.21. The zero-order valence-corrected chi connectivity index (χ0v) is 9.56. The predicted octanol–water partition coefficient (Wildman–Crippen LogP) is 2.55. The summed E-state index contributed by atoms with van der Waals surface area (Å²) in [5.74, 6) is -1.46. The zero-order chi connectivity index (χ0) is 12.8. The van der Waals surface area contributed by atoms with Crippen LogP contribution in [0.3, 0.4) is 0 Å². The Morgan fingerprint density at radius 3 is 2.88 bits per heavy atom. The average molecular weight is 235 g/mol. The van der Waals surface area contributed by atoms with Crippen LogP contribution < -0.4 is 4.90 Å². The van der Waals surface area contributed by atoms with E-state index in [1.54, 1.807) is 12.1 Å². The lowest BCUT2D eigenvalue weighted by atomic mass is 10.1. The third kappa shape index (κ3) is 3.75. The fourth-order valence-electron chi connectivity index (χ4n) is 1.46. The van der Waals surface area contributed by atoms with E-state index in [2.05, 4.69) is 6.58 Å². The maximum atomic E-state index is 13.1. The van der Waals surface area contributed by atoms with Gasteiger partial charge in [-0.25, -0.2) is 9.18 Å². The normalized spacial score (nSPS) is 10.5. The van der Waals surface area contributed by atoms with Gasteiger partial charge in [0.1, 0.15) is 5.82 Å². The highest BCUT2D eigenvalue weighted by atomic mass is 19.1. The number of carboxylic acids is 1. The van der Waals surface area contributed by atoms with Crippen molar-refractivity contribution in [3.05, 3.63) is 48.3 Å². The number of hydrogen-bond acceptors (Lipinski definition) is 2. The third-order valence-electron chi connectivity index (χ3n) is 2.21. The van der Waals surface area contributed by atoms with Gasteiger partial charge in [-0.1, -0.05) is 6.08 Å². The number of halogens is 1. The molecule has 1 N–H and O–H groups in total. The van der Waals surface area contributed by atoms with E-state index in [4.69, 9.17) is 5.11 Å². The van der Waals surface area contributed by atoms with Gasteiger partial charge in [-0.2, -0.15) is 0 Å². The first-order chi connectivity index (χ1) is 8.04. The number of nitrogens with zero attached hydrogens (tertiary/aromatic N) is 1. The summed E-state index contributed by atoms with van der Waals surface area (Å²) >= 11 is 0. The molecule has 90 valence electrons. The molecule has 1 aromatic rings. The topological polar surface area (TPSA) is 40.5 Å². The van der Waals surface area contributed by atoms with Crippen LogP contribution in [0.15, 0.2) is 36.9 Å². The molecule has 0 atom stereocenters. The van der Waals surface area contributed by atoms with E-state index in [-0.39, 0.29) is 0 Å². The number of hydrogen-bond donors (Lipinski definition) is 1. The van der Waals surface area contributed by atoms with Gasteiger partial charge < -0.3 is 10.0 Å². The minimum atomic E-state index is -1.06. The average Bonchev–Trinajstić information content (AvgIpc) is 2.26. The van der Waals surface area contributed by atoms with Crippen molar-refractivity contribution in [3.8, 4) is 0 Å². The Morgan fingerprint density at radius 1 is 1.59 bits per heavy atom. The molecule has 0 amide bonds. The van der Waals surface area contributed by atoms with Crippen molar-refractivity contribution in [2.45, 2.75) is 0 Å². The highest BCUT2D eigenvalue weighted by molar-refractivity contribution is 5.87. The van der Waals surface area contributed by atoms with Crippen LogP contribution in [0.4, 0.5) is 10.1 Å². The smallest absolute Gasteiger partial charge is 0.328 e. The summed E-state index contributed by atoms with van der Waals surface area (Å²) < 4.78 is 13.1. The van der Waals surface area contributed by atoms with Crippen LogP contribution in [-0.4, -0.2) is 24.7 Å². The van der Waals surface area contributed by atoms with Crippen LogP contribution in [0.5, 0.6) is 0 Å². The maximum absolute atomic E-state index is 13.1. The molecule has 0 fully saturated rings. The van der Waals surface area contributed by atoms with Gasteiger partial charge in [0.15, 0.2) is 0 Å². The van der Waals surface area contributed by atoms with Crippen LogP contribution in [0.25, 0.3) is 6.08 Å². The molecule has 1 rings (SSSR count). The molecule has 17 heavy (non-hydrogen) atoms. The zero-order valence-electron chi connectivity index (χ0n) is 9.56. The quantitative estimate of drug-likeness (QED) is 0.629. The molecule has 0 heterocycles. The molecule has 0 radical (unpaired) electrons. The van der Waals surface area contributed by atoms with Gasteiger partial charge in [-0.15, -0.1) is 6.58 Å². The minimum absolute atomic E-state index is 0.397. The SMILES string of the molecule is C=CCN(C)c1ccc(F)cc1/C=C/C(=O)O. The molecule has 0 saturated carbocycles. The standard InChI is InChI=1S/C13H14FNO2/c1-3-8-15(2)12-6-5-11(14)9-10(12)4-7-13(16)17/h3-7,9H,1,8H2,2H3,(H,16,17)/b7-4+. The second-order valence-electron chi connectivity index (χ2n) is 3.54.